The molecule has 0 bridgehead atoms. The molecule has 0 radical (unpaired) electrons. The lowest BCUT2D eigenvalue weighted by Gasteiger charge is -2.22. The van der Waals surface area contributed by atoms with Gasteiger partial charge in [-0.05, 0) is 44.9 Å². The first-order valence-corrected chi connectivity index (χ1v) is 6.91. The average molecular weight is 240 g/mol. The molecule has 3 atom stereocenters. The Kier molecular flexibility index (Phi) is 4.99. The minimum absolute atomic E-state index is 0.164. The van der Waals surface area contributed by atoms with Gasteiger partial charge in [0.05, 0.1) is 0 Å². The van der Waals surface area contributed by atoms with E-state index < -0.39 is 0 Å². The van der Waals surface area contributed by atoms with E-state index in [0.717, 1.165) is 18.8 Å². The minimum Gasteiger partial charge on any atom is -0.353 e. The van der Waals surface area contributed by atoms with Crippen LogP contribution in [0.5, 0.6) is 0 Å². The van der Waals surface area contributed by atoms with Crippen molar-refractivity contribution in [3.05, 3.63) is 0 Å². The average Bonchev–Trinajstić information content (AvgIpc) is 2.56. The predicted octanol–water partition coefficient (Wildman–Crippen LogP) is 2.44. The molecule has 1 amide bonds. The van der Waals surface area contributed by atoms with Crippen molar-refractivity contribution in [3.8, 4) is 0 Å². The minimum atomic E-state index is -0.245. The Morgan fingerprint density at radius 1 is 1.41 bits per heavy atom. The van der Waals surface area contributed by atoms with Crippen molar-refractivity contribution in [2.75, 3.05) is 0 Å². The fourth-order valence-corrected chi connectivity index (χ4v) is 2.74. The number of hydrogen-bond acceptors (Lipinski definition) is 2. The quantitative estimate of drug-likeness (QED) is 0.775. The smallest absolute Gasteiger partial charge is 0.220 e. The molecular weight excluding hydrogens is 212 g/mol. The fourth-order valence-electron chi connectivity index (χ4n) is 2.74. The molecule has 17 heavy (non-hydrogen) atoms. The van der Waals surface area contributed by atoms with Crippen molar-refractivity contribution in [3.63, 3.8) is 0 Å². The topological polar surface area (TPSA) is 55.1 Å². The monoisotopic (exact) mass is 240 g/mol. The van der Waals surface area contributed by atoms with Crippen molar-refractivity contribution in [1.82, 2.24) is 5.32 Å². The molecule has 0 aromatic heterocycles. The van der Waals surface area contributed by atoms with Crippen LogP contribution < -0.4 is 11.1 Å². The van der Waals surface area contributed by atoms with Gasteiger partial charge in [-0.3, -0.25) is 4.79 Å². The van der Waals surface area contributed by atoms with Crippen LogP contribution in [0.1, 0.15) is 59.8 Å². The van der Waals surface area contributed by atoms with Gasteiger partial charge in [-0.1, -0.05) is 20.3 Å². The van der Waals surface area contributed by atoms with Crippen LogP contribution in [0.25, 0.3) is 0 Å². The highest BCUT2D eigenvalue weighted by atomic mass is 16.1. The largest absolute Gasteiger partial charge is 0.353 e. The zero-order valence-corrected chi connectivity index (χ0v) is 11.8. The second kappa shape index (κ2) is 5.85. The van der Waals surface area contributed by atoms with Gasteiger partial charge in [0.15, 0.2) is 0 Å². The van der Waals surface area contributed by atoms with E-state index in [2.05, 4.69) is 19.2 Å². The molecule has 3 N–H and O–H groups in total. The first kappa shape index (κ1) is 14.5. The van der Waals surface area contributed by atoms with Crippen LogP contribution in [-0.2, 0) is 4.79 Å². The summed E-state index contributed by atoms with van der Waals surface area (Å²) in [6, 6.07) is 0.383. The molecule has 0 spiro atoms. The third kappa shape index (κ3) is 4.66. The molecule has 1 aliphatic carbocycles. The summed E-state index contributed by atoms with van der Waals surface area (Å²) in [6.45, 7) is 8.43. The predicted molar refractivity (Wildman–Crippen MR) is 71.6 cm³/mol. The van der Waals surface area contributed by atoms with Crippen molar-refractivity contribution in [1.29, 1.82) is 0 Å². The van der Waals surface area contributed by atoms with Gasteiger partial charge in [0, 0.05) is 18.0 Å². The number of amides is 1. The van der Waals surface area contributed by atoms with Gasteiger partial charge < -0.3 is 11.1 Å². The molecule has 0 saturated heterocycles. The molecule has 1 saturated carbocycles. The molecule has 0 aromatic carbocycles. The van der Waals surface area contributed by atoms with Gasteiger partial charge in [-0.25, -0.2) is 0 Å². The van der Waals surface area contributed by atoms with Crippen LogP contribution in [0.4, 0.5) is 0 Å². The van der Waals surface area contributed by atoms with E-state index in [1.165, 1.54) is 12.8 Å². The maximum atomic E-state index is 11.8. The van der Waals surface area contributed by atoms with Gasteiger partial charge >= 0.3 is 0 Å². The van der Waals surface area contributed by atoms with Gasteiger partial charge in [0.2, 0.25) is 5.91 Å². The van der Waals surface area contributed by atoms with E-state index in [4.69, 9.17) is 5.73 Å². The Morgan fingerprint density at radius 3 is 2.53 bits per heavy atom. The van der Waals surface area contributed by atoms with E-state index in [1.807, 2.05) is 13.8 Å². The molecule has 1 rings (SSSR count). The lowest BCUT2D eigenvalue weighted by molar-refractivity contribution is -0.122. The fraction of sp³-hybridized carbons (Fsp3) is 0.929. The second-order valence-electron chi connectivity index (χ2n) is 6.27. The molecule has 0 aromatic rings. The Balaban J connectivity index is 2.32. The Bertz CT molecular complexity index is 257. The van der Waals surface area contributed by atoms with Crippen LogP contribution in [0.15, 0.2) is 0 Å². The van der Waals surface area contributed by atoms with Crippen LogP contribution in [0, 0.1) is 11.8 Å². The molecular formula is C14H28N2O. The number of carbonyl (C=O) groups excluding carboxylic acids is 1. The molecule has 3 heteroatoms. The number of nitrogens with two attached hydrogens (primary N) is 1. The summed E-state index contributed by atoms with van der Waals surface area (Å²) in [7, 11) is 0. The molecule has 1 aliphatic rings. The molecule has 3 unspecified atom stereocenters. The molecule has 100 valence electrons. The van der Waals surface area contributed by atoms with Crippen molar-refractivity contribution in [2.45, 2.75) is 71.4 Å². The van der Waals surface area contributed by atoms with E-state index in [0.29, 0.717) is 18.4 Å². The molecule has 0 heterocycles. The highest BCUT2D eigenvalue weighted by Crippen LogP contribution is 2.33. The lowest BCUT2D eigenvalue weighted by Crippen LogP contribution is -2.39. The number of rotatable bonds is 5. The van der Waals surface area contributed by atoms with Crippen LogP contribution >= 0.6 is 0 Å². The maximum absolute atomic E-state index is 11.8. The summed E-state index contributed by atoms with van der Waals surface area (Å²) in [5.41, 5.74) is 5.64. The van der Waals surface area contributed by atoms with Crippen LogP contribution in [-0.4, -0.2) is 17.5 Å². The second-order valence-corrected chi connectivity index (χ2v) is 6.27. The summed E-state index contributed by atoms with van der Waals surface area (Å²) in [5.74, 6) is 1.57. The van der Waals surface area contributed by atoms with E-state index in [-0.39, 0.29) is 11.4 Å². The van der Waals surface area contributed by atoms with Gasteiger partial charge in [-0.15, -0.1) is 0 Å². The van der Waals surface area contributed by atoms with Crippen molar-refractivity contribution in [2.24, 2.45) is 17.6 Å². The SMILES string of the molecule is CCC1CCC(NC(=O)CCC(C)(C)N)C1C. The summed E-state index contributed by atoms with van der Waals surface area (Å²) in [4.78, 5) is 11.8. The van der Waals surface area contributed by atoms with E-state index >= 15 is 0 Å². The van der Waals surface area contributed by atoms with E-state index in [1.54, 1.807) is 0 Å². The summed E-state index contributed by atoms with van der Waals surface area (Å²) >= 11 is 0. The van der Waals surface area contributed by atoms with Crippen LogP contribution in [0.2, 0.25) is 0 Å². The van der Waals surface area contributed by atoms with Gasteiger partial charge in [0.25, 0.3) is 0 Å². The Hall–Kier alpha value is -0.570. The standard InChI is InChI=1S/C14H28N2O/c1-5-11-6-7-12(10(11)2)16-13(17)8-9-14(3,4)15/h10-12H,5-9,15H2,1-4H3,(H,16,17). The number of hydrogen-bond donors (Lipinski definition) is 2. The highest BCUT2D eigenvalue weighted by Gasteiger charge is 2.32. The van der Waals surface area contributed by atoms with Gasteiger partial charge in [-0.2, -0.15) is 0 Å². The number of carbonyl (C=O) groups is 1. The van der Waals surface area contributed by atoms with Gasteiger partial charge in [0.1, 0.15) is 0 Å². The Morgan fingerprint density at radius 2 is 2.06 bits per heavy atom. The van der Waals surface area contributed by atoms with Crippen molar-refractivity contribution >= 4 is 5.91 Å². The maximum Gasteiger partial charge on any atom is 0.220 e. The molecule has 3 nitrogen and oxygen atoms in total. The lowest BCUT2D eigenvalue weighted by atomic mass is 9.93. The number of nitrogens with one attached hydrogen (secondary N) is 1. The third-order valence-corrected chi connectivity index (χ3v) is 4.09. The highest BCUT2D eigenvalue weighted by molar-refractivity contribution is 5.76. The summed E-state index contributed by atoms with van der Waals surface area (Å²) < 4.78 is 0. The Labute approximate surface area is 106 Å². The normalized spacial score (nSPS) is 29.4. The first-order chi connectivity index (χ1) is 7.83. The summed E-state index contributed by atoms with van der Waals surface area (Å²) in [5, 5.41) is 3.17. The zero-order valence-electron chi connectivity index (χ0n) is 11.8. The van der Waals surface area contributed by atoms with Crippen molar-refractivity contribution < 1.29 is 4.79 Å². The van der Waals surface area contributed by atoms with E-state index in [9.17, 15) is 4.79 Å². The third-order valence-electron chi connectivity index (χ3n) is 4.09. The van der Waals surface area contributed by atoms with Crippen LogP contribution in [0.3, 0.4) is 0 Å². The molecule has 1 fully saturated rings. The zero-order chi connectivity index (χ0) is 13.1. The first-order valence-electron chi connectivity index (χ1n) is 6.91. The summed E-state index contributed by atoms with van der Waals surface area (Å²) in [6.07, 6.45) is 4.91. The molecule has 0 aliphatic heterocycles.